The van der Waals surface area contributed by atoms with Crippen molar-refractivity contribution in [2.24, 2.45) is 0 Å². The Kier molecular flexibility index (Phi) is 21.5. The van der Waals surface area contributed by atoms with Gasteiger partial charge in [-0.15, -0.1) is 12.4 Å². The van der Waals surface area contributed by atoms with E-state index in [1.54, 1.807) is 63.8 Å². The van der Waals surface area contributed by atoms with Gasteiger partial charge in [0, 0.05) is 88.3 Å². The smallest absolute Gasteiger partial charge is 0.412 e. The molecule has 7 amide bonds. The third kappa shape index (κ3) is 14.1. The molecule has 2 N–H and O–H groups in total. The quantitative estimate of drug-likeness (QED) is 0.0955. The maximum atomic E-state index is 14.4. The summed E-state index contributed by atoms with van der Waals surface area (Å²) in [5, 5.41) is 5.72. The lowest BCUT2D eigenvalue weighted by molar-refractivity contribution is -0.143. The van der Waals surface area contributed by atoms with Crippen LogP contribution in [0.2, 0.25) is 0 Å². The highest BCUT2D eigenvalue weighted by Crippen LogP contribution is 2.49. The van der Waals surface area contributed by atoms with Crippen molar-refractivity contribution < 1.29 is 57.3 Å². The predicted molar refractivity (Wildman–Crippen MR) is 322 cm³/mol. The third-order valence-corrected chi connectivity index (χ3v) is 17.2. The van der Waals surface area contributed by atoms with Crippen LogP contribution in [0, 0.1) is 20.8 Å². The van der Waals surface area contributed by atoms with Crippen LogP contribution in [0.4, 0.5) is 16.2 Å². The number of anilines is 2. The molecule has 0 bridgehead atoms. The van der Waals surface area contributed by atoms with E-state index in [-0.39, 0.29) is 91.7 Å². The Morgan fingerprint density at radius 3 is 1.50 bits per heavy atom. The summed E-state index contributed by atoms with van der Waals surface area (Å²) in [5.41, 5.74) is 3.46. The average Bonchev–Trinajstić information content (AvgIpc) is 0.901. The van der Waals surface area contributed by atoms with Crippen molar-refractivity contribution in [3.8, 4) is 11.5 Å². The molecular weight excluding hydrogens is 1090 g/mol. The molecule has 6 aliphatic rings. The van der Waals surface area contributed by atoms with Gasteiger partial charge in [0.25, 0.3) is 23.6 Å². The van der Waals surface area contributed by atoms with E-state index >= 15 is 0 Å². The summed E-state index contributed by atoms with van der Waals surface area (Å²) in [5.74, 6) is 0.0673. The number of nitrogens with one attached hydrogen (secondary N) is 2. The second-order valence-electron chi connectivity index (χ2n) is 23.9. The Hall–Kier alpha value is -6.89. The van der Waals surface area contributed by atoms with Crippen LogP contribution >= 0.6 is 12.4 Å². The first-order valence-corrected chi connectivity index (χ1v) is 30.3. The Labute approximate surface area is 501 Å². The van der Waals surface area contributed by atoms with E-state index in [9.17, 15) is 38.4 Å². The zero-order valence-corrected chi connectivity index (χ0v) is 51.7. The third-order valence-electron chi connectivity index (χ3n) is 17.2. The van der Waals surface area contributed by atoms with E-state index in [0.29, 0.717) is 116 Å². The minimum absolute atomic E-state index is 0. The van der Waals surface area contributed by atoms with Crippen LogP contribution in [-0.4, -0.2) is 143 Å². The number of hydrogen-bond donors (Lipinski definition) is 2. The Morgan fingerprint density at radius 1 is 0.619 bits per heavy atom. The van der Waals surface area contributed by atoms with Gasteiger partial charge in [0.2, 0.25) is 18.1 Å². The van der Waals surface area contributed by atoms with E-state index in [0.717, 1.165) is 49.7 Å². The number of carbonyl (C=O) groups excluding carboxylic acids is 8. The van der Waals surface area contributed by atoms with Crippen LogP contribution in [0.25, 0.3) is 0 Å². The lowest BCUT2D eigenvalue weighted by Crippen LogP contribution is -2.61. The van der Waals surface area contributed by atoms with Gasteiger partial charge in [0.05, 0.1) is 23.0 Å². The molecule has 84 heavy (non-hydrogen) atoms. The molecule has 3 heterocycles. The number of hydrogen-bond acceptors (Lipinski definition) is 12. The van der Waals surface area contributed by atoms with E-state index < -0.39 is 29.6 Å². The molecule has 1 saturated heterocycles. The molecule has 3 aromatic rings. The summed E-state index contributed by atoms with van der Waals surface area (Å²) in [7, 11) is 0. The highest BCUT2D eigenvalue weighted by atomic mass is 35.5. The van der Waals surface area contributed by atoms with Crippen molar-refractivity contribution >= 4 is 71.3 Å². The summed E-state index contributed by atoms with van der Waals surface area (Å²) >= 11 is 0. The monoisotopic (exact) mass is 1180 g/mol. The summed E-state index contributed by atoms with van der Waals surface area (Å²) < 4.78 is 23.4. The standard InChI is InChI=1S/C37H48N4O8.C27H39N3O4.ClH/c1-7-32(42)38-17-19-40-30-21-29(25(5)20-31(30)49-37(35(40)45)15-9-16-37)33(43)41(23(2)3)28-10-8-18-39(22-28)36(46)48-26(6)47-34(44)27-13-11-24(4)12-14-27;1-5-24(31)28-14-15-29-22-17-21(25(32)30(18(2)3)20-10-7-6-8-11-20)19(4)16-23(22)34-27(26(29)33)12-9-13-27;/h11-14,20-21,23,26,28H,7-10,15-19,22H2,1-6H3,(H,38,42);16-18,20H,5-15H2,1-4H3,(H,28,31);1H. The van der Waals surface area contributed by atoms with Crippen molar-refractivity contribution in [2.75, 3.05) is 49.1 Å². The number of piperidine rings is 1. The van der Waals surface area contributed by atoms with E-state index in [1.165, 1.54) is 13.3 Å². The largest absolute Gasteiger partial charge is 0.475 e. The molecule has 3 aliphatic heterocycles. The van der Waals surface area contributed by atoms with E-state index in [4.69, 9.17) is 18.9 Å². The van der Waals surface area contributed by atoms with Gasteiger partial charge in [-0.3, -0.25) is 28.8 Å². The van der Waals surface area contributed by atoms with Crippen molar-refractivity contribution in [2.45, 2.75) is 207 Å². The molecule has 3 aliphatic carbocycles. The Balaban J connectivity index is 0.000000254. The second kappa shape index (κ2) is 27.9. The molecular formula is C64H88ClN7O12. The van der Waals surface area contributed by atoms with Gasteiger partial charge in [-0.25, -0.2) is 9.59 Å². The molecule has 19 nitrogen and oxygen atoms in total. The van der Waals surface area contributed by atoms with Crippen molar-refractivity contribution in [1.82, 2.24) is 25.3 Å². The molecule has 2 atom stereocenters. The van der Waals surface area contributed by atoms with Crippen LogP contribution in [0.1, 0.15) is 193 Å². The number of aryl methyl sites for hydroxylation is 3. The maximum absolute atomic E-state index is 14.4. The molecule has 3 aromatic carbocycles. The SMILES string of the molecule is CCC(=O)NCCN1C(=O)C2(CCC2)Oc2cc(C)c(C(=O)N(C(C)C)C3CCCCC3)cc21.CCC(=O)NCCN1C(=O)C2(CCC2)Oc2cc(C)c(C(=O)N(C(C)C)C3CCCN(C(=O)OC(C)OC(=O)c4ccc(C)cc4)C3)cc21.Cl. The number of esters is 1. The molecule has 458 valence electrons. The summed E-state index contributed by atoms with van der Waals surface area (Å²) in [6.45, 7) is 20.8. The lowest BCUT2D eigenvalue weighted by atomic mass is 9.77. The van der Waals surface area contributed by atoms with Crippen LogP contribution in [0.3, 0.4) is 0 Å². The normalized spacial score (nSPS) is 18.7. The number of fused-ring (bicyclic) bond motifs is 2. The van der Waals surface area contributed by atoms with Gasteiger partial charge >= 0.3 is 12.1 Å². The first-order chi connectivity index (χ1) is 39.6. The molecule has 2 spiro atoms. The number of rotatable bonds is 17. The number of halogens is 1. The van der Waals surface area contributed by atoms with Crippen molar-refractivity contribution in [1.29, 1.82) is 0 Å². The van der Waals surface area contributed by atoms with Gasteiger partial charge in [0.1, 0.15) is 11.5 Å². The lowest BCUT2D eigenvalue weighted by Gasteiger charge is -2.47. The van der Waals surface area contributed by atoms with Crippen molar-refractivity contribution in [3.05, 3.63) is 81.9 Å². The molecule has 0 radical (unpaired) electrons. The fourth-order valence-corrected chi connectivity index (χ4v) is 12.3. The van der Waals surface area contributed by atoms with Crippen LogP contribution < -0.4 is 29.9 Å². The number of benzene rings is 3. The number of carbonyl (C=O) groups is 8. The van der Waals surface area contributed by atoms with Crippen molar-refractivity contribution in [3.63, 3.8) is 0 Å². The fraction of sp³-hybridized carbons (Fsp3) is 0.594. The summed E-state index contributed by atoms with van der Waals surface area (Å²) in [4.78, 5) is 114. The zero-order valence-electron chi connectivity index (χ0n) is 50.9. The van der Waals surface area contributed by atoms with Gasteiger partial charge in [0.15, 0.2) is 11.2 Å². The Bertz CT molecular complexity index is 2920. The van der Waals surface area contributed by atoms with Crippen LogP contribution in [0.15, 0.2) is 48.5 Å². The summed E-state index contributed by atoms with van der Waals surface area (Å²) in [6, 6.07) is 14.1. The first kappa shape index (κ1) is 64.7. The number of amides is 7. The van der Waals surface area contributed by atoms with E-state index in [1.807, 2.05) is 57.7 Å². The van der Waals surface area contributed by atoms with Gasteiger partial charge in [-0.05, 0) is 160 Å². The average molecular weight is 1180 g/mol. The topological polar surface area (TPSA) is 214 Å². The highest BCUT2D eigenvalue weighted by Gasteiger charge is 2.54. The molecule has 9 rings (SSSR count). The second-order valence-corrected chi connectivity index (χ2v) is 23.9. The minimum Gasteiger partial charge on any atom is -0.475 e. The molecule has 3 saturated carbocycles. The Morgan fingerprint density at radius 2 is 1.07 bits per heavy atom. The summed E-state index contributed by atoms with van der Waals surface area (Å²) in [6.07, 6.45) is 10.5. The number of likely N-dealkylation sites (tertiary alicyclic amines) is 1. The highest BCUT2D eigenvalue weighted by molar-refractivity contribution is 6.07. The maximum Gasteiger partial charge on any atom is 0.412 e. The van der Waals surface area contributed by atoms with Crippen LogP contribution in [0.5, 0.6) is 11.5 Å². The predicted octanol–water partition coefficient (Wildman–Crippen LogP) is 9.91. The molecule has 0 aromatic heterocycles. The number of nitrogens with zero attached hydrogens (tertiary/aromatic N) is 5. The van der Waals surface area contributed by atoms with Gasteiger partial charge in [-0.2, -0.15) is 0 Å². The molecule has 20 heteroatoms. The molecule has 4 fully saturated rings. The number of ether oxygens (including phenoxy) is 4. The van der Waals surface area contributed by atoms with Gasteiger partial charge < -0.3 is 54.1 Å². The first-order valence-electron chi connectivity index (χ1n) is 30.3. The van der Waals surface area contributed by atoms with Crippen LogP contribution in [-0.2, 0) is 28.7 Å². The minimum atomic E-state index is -1.11. The van der Waals surface area contributed by atoms with Gasteiger partial charge in [-0.1, -0.05) is 50.8 Å². The fourth-order valence-electron chi connectivity index (χ4n) is 12.3. The van der Waals surface area contributed by atoms with E-state index in [2.05, 4.69) is 24.5 Å². The zero-order chi connectivity index (χ0) is 59.9. The molecule has 2 unspecified atom stereocenters.